The van der Waals surface area contributed by atoms with Gasteiger partial charge in [0.05, 0.1) is 13.2 Å². The minimum Gasteiger partial charge on any atom is -0.497 e. The van der Waals surface area contributed by atoms with Crippen LogP contribution in [0.25, 0.3) is 0 Å². The Labute approximate surface area is 121 Å². The maximum Gasteiger partial charge on any atom is 0.134 e. The van der Waals surface area contributed by atoms with Gasteiger partial charge in [0.2, 0.25) is 0 Å². The van der Waals surface area contributed by atoms with E-state index in [0.717, 1.165) is 30.0 Å². The van der Waals surface area contributed by atoms with Gasteiger partial charge in [0.25, 0.3) is 0 Å². The molecule has 1 aromatic carbocycles. The van der Waals surface area contributed by atoms with Gasteiger partial charge in [-0.15, -0.1) is 0 Å². The minimum atomic E-state index is -0.330. The van der Waals surface area contributed by atoms with Crippen LogP contribution in [0.5, 0.6) is 11.5 Å². The molecule has 0 aliphatic carbocycles. The van der Waals surface area contributed by atoms with Crippen LogP contribution in [0.2, 0.25) is 0 Å². The highest BCUT2D eigenvalue weighted by molar-refractivity contribution is 5.44. The van der Waals surface area contributed by atoms with Crippen molar-refractivity contribution < 1.29 is 14.2 Å². The van der Waals surface area contributed by atoms with Crippen molar-refractivity contribution in [3.63, 3.8) is 0 Å². The first kappa shape index (κ1) is 15.1. The smallest absolute Gasteiger partial charge is 0.134 e. The molecule has 0 saturated heterocycles. The maximum absolute atomic E-state index is 6.23. The Kier molecular flexibility index (Phi) is 4.55. The summed E-state index contributed by atoms with van der Waals surface area (Å²) in [6.45, 7) is 7.20. The monoisotopic (exact) mass is 279 g/mol. The number of rotatable bonds is 5. The van der Waals surface area contributed by atoms with E-state index in [1.54, 1.807) is 14.2 Å². The molecule has 20 heavy (non-hydrogen) atoms. The van der Waals surface area contributed by atoms with Crippen molar-refractivity contribution in [3.8, 4) is 11.5 Å². The van der Waals surface area contributed by atoms with E-state index >= 15 is 0 Å². The first-order chi connectivity index (χ1) is 9.54. The standard InChI is InChI=1S/C16H25NO3/c1-6-17-14-10-16(3,11(2)18-4)20-15-8-7-12(19-5)9-13(14)15/h7-9,11,14,17H,6,10H2,1-5H3. The van der Waals surface area contributed by atoms with E-state index in [1.165, 1.54) is 0 Å². The van der Waals surface area contributed by atoms with Crippen LogP contribution in [0.4, 0.5) is 0 Å². The maximum atomic E-state index is 6.23. The van der Waals surface area contributed by atoms with Crippen LogP contribution in [-0.2, 0) is 4.74 Å². The van der Waals surface area contributed by atoms with Gasteiger partial charge >= 0.3 is 0 Å². The van der Waals surface area contributed by atoms with Crippen LogP contribution in [0.1, 0.15) is 38.8 Å². The molecule has 0 spiro atoms. The van der Waals surface area contributed by atoms with Crippen molar-refractivity contribution in [2.75, 3.05) is 20.8 Å². The molecule has 0 bridgehead atoms. The van der Waals surface area contributed by atoms with Gasteiger partial charge in [-0.2, -0.15) is 0 Å². The molecule has 3 atom stereocenters. The predicted octanol–water partition coefficient (Wildman–Crippen LogP) is 2.92. The lowest BCUT2D eigenvalue weighted by Crippen LogP contribution is -2.49. The van der Waals surface area contributed by atoms with Crippen molar-refractivity contribution in [1.82, 2.24) is 5.32 Å². The molecular formula is C16H25NO3. The highest BCUT2D eigenvalue weighted by atomic mass is 16.5. The number of fused-ring (bicyclic) bond motifs is 1. The minimum absolute atomic E-state index is 0.0268. The highest BCUT2D eigenvalue weighted by Gasteiger charge is 2.41. The van der Waals surface area contributed by atoms with Crippen LogP contribution in [0, 0.1) is 0 Å². The van der Waals surface area contributed by atoms with Gasteiger partial charge in [0.15, 0.2) is 0 Å². The van der Waals surface area contributed by atoms with Crippen LogP contribution >= 0.6 is 0 Å². The molecule has 1 aliphatic rings. The summed E-state index contributed by atoms with van der Waals surface area (Å²) >= 11 is 0. The molecular weight excluding hydrogens is 254 g/mol. The van der Waals surface area contributed by atoms with Crippen LogP contribution in [0.15, 0.2) is 18.2 Å². The Morgan fingerprint density at radius 3 is 2.80 bits per heavy atom. The van der Waals surface area contributed by atoms with Crippen molar-refractivity contribution in [2.45, 2.75) is 44.9 Å². The molecule has 3 unspecified atom stereocenters. The molecule has 4 nitrogen and oxygen atoms in total. The average molecular weight is 279 g/mol. The summed E-state index contributed by atoms with van der Waals surface area (Å²) in [5.74, 6) is 1.77. The van der Waals surface area contributed by atoms with Crippen molar-refractivity contribution in [3.05, 3.63) is 23.8 Å². The van der Waals surface area contributed by atoms with E-state index in [0.29, 0.717) is 0 Å². The Balaban J connectivity index is 2.38. The predicted molar refractivity (Wildman–Crippen MR) is 79.5 cm³/mol. The van der Waals surface area contributed by atoms with E-state index in [2.05, 4.69) is 32.2 Å². The fraction of sp³-hybridized carbons (Fsp3) is 0.625. The fourth-order valence-corrected chi connectivity index (χ4v) is 2.75. The van der Waals surface area contributed by atoms with Gasteiger partial charge in [0, 0.05) is 25.1 Å². The number of hydrogen-bond donors (Lipinski definition) is 1. The molecule has 112 valence electrons. The zero-order chi connectivity index (χ0) is 14.8. The lowest BCUT2D eigenvalue weighted by molar-refractivity contribution is -0.0731. The second kappa shape index (κ2) is 6.02. The summed E-state index contributed by atoms with van der Waals surface area (Å²) in [4.78, 5) is 0. The summed E-state index contributed by atoms with van der Waals surface area (Å²) < 4.78 is 17.0. The summed E-state index contributed by atoms with van der Waals surface area (Å²) in [5, 5.41) is 3.54. The summed E-state index contributed by atoms with van der Waals surface area (Å²) in [6.07, 6.45) is 0.898. The lowest BCUT2D eigenvalue weighted by atomic mass is 9.85. The third-order valence-corrected chi connectivity index (χ3v) is 4.21. The summed E-state index contributed by atoms with van der Waals surface area (Å²) in [7, 11) is 3.41. The molecule has 1 heterocycles. The van der Waals surface area contributed by atoms with Gasteiger partial charge in [-0.3, -0.25) is 0 Å². The lowest BCUT2D eigenvalue weighted by Gasteiger charge is -2.43. The van der Waals surface area contributed by atoms with Gasteiger partial charge in [-0.25, -0.2) is 0 Å². The SMILES string of the molecule is CCNC1CC(C)(C(C)OC)Oc2ccc(OC)cc21. The molecule has 0 radical (unpaired) electrons. The van der Waals surface area contributed by atoms with E-state index in [1.807, 2.05) is 12.1 Å². The largest absolute Gasteiger partial charge is 0.497 e. The van der Waals surface area contributed by atoms with Crippen molar-refractivity contribution in [1.29, 1.82) is 0 Å². The molecule has 0 saturated carbocycles. The second-order valence-electron chi connectivity index (χ2n) is 5.51. The Hall–Kier alpha value is -1.26. The highest BCUT2D eigenvalue weighted by Crippen LogP contribution is 2.42. The molecule has 0 aromatic heterocycles. The molecule has 0 amide bonds. The molecule has 1 aliphatic heterocycles. The topological polar surface area (TPSA) is 39.7 Å². The molecule has 1 aromatic rings. The van der Waals surface area contributed by atoms with Gasteiger partial charge < -0.3 is 19.5 Å². The Morgan fingerprint density at radius 1 is 1.45 bits per heavy atom. The van der Waals surface area contributed by atoms with Crippen LogP contribution in [0.3, 0.4) is 0 Å². The number of ether oxygens (including phenoxy) is 3. The second-order valence-corrected chi connectivity index (χ2v) is 5.51. The quantitative estimate of drug-likeness (QED) is 0.899. The van der Waals surface area contributed by atoms with Gasteiger partial charge in [0.1, 0.15) is 17.1 Å². The van der Waals surface area contributed by atoms with E-state index in [-0.39, 0.29) is 17.7 Å². The fourth-order valence-electron chi connectivity index (χ4n) is 2.75. The Morgan fingerprint density at radius 2 is 2.20 bits per heavy atom. The third-order valence-electron chi connectivity index (χ3n) is 4.21. The van der Waals surface area contributed by atoms with Crippen LogP contribution < -0.4 is 14.8 Å². The molecule has 2 rings (SSSR count). The number of benzene rings is 1. The molecule has 1 N–H and O–H groups in total. The number of methoxy groups -OCH3 is 2. The van der Waals surface area contributed by atoms with Crippen molar-refractivity contribution >= 4 is 0 Å². The summed E-state index contributed by atoms with van der Waals surface area (Å²) in [6, 6.07) is 6.23. The van der Waals surface area contributed by atoms with Gasteiger partial charge in [-0.05, 0) is 38.6 Å². The van der Waals surface area contributed by atoms with E-state index in [4.69, 9.17) is 14.2 Å². The zero-order valence-electron chi connectivity index (χ0n) is 13.0. The van der Waals surface area contributed by atoms with Gasteiger partial charge in [-0.1, -0.05) is 6.92 Å². The van der Waals surface area contributed by atoms with E-state index in [9.17, 15) is 0 Å². The van der Waals surface area contributed by atoms with Crippen LogP contribution in [-0.4, -0.2) is 32.5 Å². The normalized spacial score (nSPS) is 26.6. The summed E-state index contributed by atoms with van der Waals surface area (Å²) in [5.41, 5.74) is 0.829. The first-order valence-electron chi connectivity index (χ1n) is 7.17. The number of hydrogen-bond acceptors (Lipinski definition) is 4. The third kappa shape index (κ3) is 2.76. The molecule has 4 heteroatoms. The first-order valence-corrected chi connectivity index (χ1v) is 7.17. The zero-order valence-corrected chi connectivity index (χ0v) is 13.0. The molecule has 0 fully saturated rings. The van der Waals surface area contributed by atoms with Crippen molar-refractivity contribution in [2.24, 2.45) is 0 Å². The number of nitrogens with one attached hydrogen (secondary N) is 1. The average Bonchev–Trinajstić information content (AvgIpc) is 2.46. The van der Waals surface area contributed by atoms with E-state index < -0.39 is 0 Å². The Bertz CT molecular complexity index is 463.